The summed E-state index contributed by atoms with van der Waals surface area (Å²) < 4.78 is 0. The average molecular weight is 457 g/mol. The van der Waals surface area contributed by atoms with Gasteiger partial charge in [-0.05, 0) is 12.1 Å². The van der Waals surface area contributed by atoms with Crippen molar-refractivity contribution in [2.24, 2.45) is 16.5 Å². The van der Waals surface area contributed by atoms with Crippen molar-refractivity contribution in [1.82, 2.24) is 20.4 Å². The Kier molecular flexibility index (Phi) is 4.58. The number of hydrogen-bond acceptors (Lipinski definition) is 10. The van der Waals surface area contributed by atoms with E-state index in [1.54, 1.807) is 30.3 Å². The maximum atomic E-state index is 12.7. The van der Waals surface area contributed by atoms with Gasteiger partial charge in [0.15, 0.2) is 12.0 Å². The van der Waals surface area contributed by atoms with Crippen molar-refractivity contribution in [3.05, 3.63) is 35.9 Å². The van der Waals surface area contributed by atoms with Gasteiger partial charge in [-0.2, -0.15) is 0 Å². The second-order valence-corrected chi connectivity index (χ2v) is 8.61. The minimum atomic E-state index is -2.56. The van der Waals surface area contributed by atoms with Crippen LogP contribution in [0.3, 0.4) is 0 Å². The van der Waals surface area contributed by atoms with Crippen LogP contribution < -0.4 is 27.1 Å². The van der Waals surface area contributed by atoms with Crippen molar-refractivity contribution in [3.63, 3.8) is 0 Å². The maximum absolute atomic E-state index is 12.7. The number of aliphatic hydroxyl groups is 2. The molecule has 174 valence electrons. The zero-order valence-corrected chi connectivity index (χ0v) is 17.6. The van der Waals surface area contributed by atoms with Crippen LogP contribution >= 0.6 is 0 Å². The third-order valence-electron chi connectivity index (χ3n) is 6.75. The first-order chi connectivity index (χ1) is 15.6. The van der Waals surface area contributed by atoms with E-state index in [-0.39, 0.29) is 49.7 Å². The summed E-state index contributed by atoms with van der Waals surface area (Å²) in [6, 6.07) is 5.50. The highest BCUT2D eigenvalue weighted by Crippen LogP contribution is 2.41. The highest BCUT2D eigenvalue weighted by atomic mass is 16.5. The van der Waals surface area contributed by atoms with Gasteiger partial charge in [-0.15, -0.1) is 0 Å². The SMILES string of the molecule is NC1=NC(CN2C(=O)CCC2=O)C2[NH+]=C(N)N[C@]23N1CC(NC(=O)c1ccccc1)C3(O)O. The Morgan fingerprint density at radius 2 is 1.88 bits per heavy atom. The molecule has 4 heterocycles. The second kappa shape index (κ2) is 7.15. The van der Waals surface area contributed by atoms with Gasteiger partial charge >= 0.3 is 5.96 Å². The quantitative estimate of drug-likeness (QED) is 0.170. The van der Waals surface area contributed by atoms with Gasteiger partial charge in [-0.3, -0.25) is 34.9 Å². The molecule has 1 aromatic rings. The Hall–Kier alpha value is -3.71. The van der Waals surface area contributed by atoms with Crippen LogP contribution in [0.1, 0.15) is 23.2 Å². The Balaban J connectivity index is 1.48. The van der Waals surface area contributed by atoms with Gasteiger partial charge in [-0.1, -0.05) is 18.2 Å². The summed E-state index contributed by atoms with van der Waals surface area (Å²) in [7, 11) is 0. The normalized spacial score (nSPS) is 32.1. The summed E-state index contributed by atoms with van der Waals surface area (Å²) in [6.45, 7) is -0.175. The van der Waals surface area contributed by atoms with Crippen molar-refractivity contribution >= 4 is 29.6 Å². The molecule has 0 radical (unpaired) electrons. The van der Waals surface area contributed by atoms with Gasteiger partial charge in [0.05, 0.1) is 13.1 Å². The molecule has 2 fully saturated rings. The molecular weight excluding hydrogens is 432 g/mol. The molecule has 4 aliphatic heterocycles. The number of guanidine groups is 2. The highest BCUT2D eigenvalue weighted by molar-refractivity contribution is 6.02. The van der Waals surface area contributed by atoms with Crippen LogP contribution in [0, 0.1) is 0 Å². The fourth-order valence-electron chi connectivity index (χ4n) is 5.17. The molecule has 1 spiro atoms. The number of carbonyl (C=O) groups is 3. The van der Waals surface area contributed by atoms with E-state index in [0.717, 1.165) is 4.90 Å². The van der Waals surface area contributed by atoms with Crippen LogP contribution in [0.2, 0.25) is 0 Å². The zero-order valence-electron chi connectivity index (χ0n) is 17.6. The predicted octanol–water partition coefficient (Wildman–Crippen LogP) is -5.31. The molecule has 33 heavy (non-hydrogen) atoms. The minimum Gasteiger partial charge on any atom is -0.370 e. The van der Waals surface area contributed by atoms with E-state index in [1.807, 2.05) is 0 Å². The third kappa shape index (κ3) is 2.96. The summed E-state index contributed by atoms with van der Waals surface area (Å²) in [5, 5.41) is 28.3. The van der Waals surface area contributed by atoms with Crippen molar-refractivity contribution in [2.75, 3.05) is 13.1 Å². The molecule has 2 saturated heterocycles. The van der Waals surface area contributed by atoms with E-state index in [1.165, 1.54) is 4.90 Å². The Labute approximate surface area is 188 Å². The Bertz CT molecular complexity index is 1070. The Morgan fingerprint density at radius 1 is 1.21 bits per heavy atom. The molecule has 9 N–H and O–H groups in total. The number of amides is 3. The van der Waals surface area contributed by atoms with Crippen LogP contribution in [0.4, 0.5) is 0 Å². The van der Waals surface area contributed by atoms with E-state index in [2.05, 4.69) is 20.6 Å². The van der Waals surface area contributed by atoms with Crippen LogP contribution in [0.25, 0.3) is 0 Å². The van der Waals surface area contributed by atoms with Crippen molar-refractivity contribution < 1.29 is 29.6 Å². The fourth-order valence-corrected chi connectivity index (χ4v) is 5.17. The summed E-state index contributed by atoms with van der Waals surface area (Å²) in [4.78, 5) is 47.0. The van der Waals surface area contributed by atoms with Gasteiger partial charge in [-0.25, -0.2) is 10.3 Å². The number of hydrogen-bond donors (Lipinski definition) is 7. The largest absolute Gasteiger partial charge is 0.370 e. The van der Waals surface area contributed by atoms with Crippen LogP contribution in [-0.4, -0.2) is 92.3 Å². The van der Waals surface area contributed by atoms with Crippen LogP contribution in [0.5, 0.6) is 0 Å². The molecule has 0 saturated carbocycles. The average Bonchev–Trinajstić information content (AvgIpc) is 3.37. The second-order valence-electron chi connectivity index (χ2n) is 8.61. The predicted molar refractivity (Wildman–Crippen MR) is 113 cm³/mol. The van der Waals surface area contributed by atoms with Gasteiger partial charge in [0.2, 0.25) is 17.6 Å². The molecule has 3 amide bonds. The summed E-state index contributed by atoms with van der Waals surface area (Å²) in [5.74, 6) is -3.71. The number of benzene rings is 1. The van der Waals surface area contributed by atoms with Crippen LogP contribution in [0.15, 0.2) is 35.3 Å². The van der Waals surface area contributed by atoms with Gasteiger partial charge in [0.25, 0.3) is 11.6 Å². The number of rotatable bonds is 4. The number of aliphatic imine (C=N–C) groups is 1. The van der Waals surface area contributed by atoms with E-state index >= 15 is 0 Å². The van der Waals surface area contributed by atoms with Crippen LogP contribution in [-0.2, 0) is 9.59 Å². The molecule has 1 aromatic carbocycles. The molecule has 3 unspecified atom stereocenters. The molecule has 5 rings (SSSR count). The number of carbonyl (C=O) groups excluding carboxylic acids is 3. The lowest BCUT2D eigenvalue weighted by Gasteiger charge is -2.46. The summed E-state index contributed by atoms with van der Waals surface area (Å²) in [6.07, 6.45) is 0.230. The van der Waals surface area contributed by atoms with E-state index < -0.39 is 35.5 Å². The molecule has 13 heteroatoms. The summed E-state index contributed by atoms with van der Waals surface area (Å²) >= 11 is 0. The topological polar surface area (TPSA) is 201 Å². The van der Waals surface area contributed by atoms with E-state index in [0.29, 0.717) is 5.56 Å². The molecule has 0 aromatic heterocycles. The fraction of sp³-hybridized carbons (Fsp3) is 0.450. The molecule has 0 aliphatic carbocycles. The van der Waals surface area contributed by atoms with E-state index in [4.69, 9.17) is 11.5 Å². The smallest absolute Gasteiger partial charge is 0.343 e. The lowest BCUT2D eigenvalue weighted by atomic mass is 9.84. The van der Waals surface area contributed by atoms with Gasteiger partial charge < -0.3 is 21.3 Å². The maximum Gasteiger partial charge on any atom is 0.343 e. The van der Waals surface area contributed by atoms with E-state index in [9.17, 15) is 24.6 Å². The first-order valence-corrected chi connectivity index (χ1v) is 10.6. The standard InChI is InChI=1S/C20H24N8O5/c21-17-25-15-11(8-27-13(29)6-7-14(27)30)23-18(22)28-9-12(20(32,33)19(15,28)26-17)24-16(31)10-4-2-1-3-5-10/h1-5,11-12,15,32-33H,6-9H2,(H2,22,23)(H,24,31)(H3,21,25,26)/p+1/t11?,12?,15?,19-/m0/s1. The number of nitrogens with two attached hydrogens (primary N) is 2. The lowest BCUT2D eigenvalue weighted by molar-refractivity contribution is -0.521. The number of nitrogens with one attached hydrogen (secondary N) is 3. The highest BCUT2D eigenvalue weighted by Gasteiger charge is 2.76. The molecule has 4 atom stereocenters. The first kappa shape index (κ1) is 21.2. The molecular formula is C20H25N8O5+. The molecule has 0 bridgehead atoms. The third-order valence-corrected chi connectivity index (χ3v) is 6.75. The van der Waals surface area contributed by atoms with Gasteiger partial charge in [0, 0.05) is 18.4 Å². The first-order valence-electron chi connectivity index (χ1n) is 10.6. The van der Waals surface area contributed by atoms with Gasteiger partial charge in [0.1, 0.15) is 12.1 Å². The lowest BCUT2D eigenvalue weighted by Crippen LogP contribution is -2.90. The summed E-state index contributed by atoms with van der Waals surface area (Å²) in [5.41, 5.74) is 10.9. The number of likely N-dealkylation sites (tertiary alicyclic amines) is 1. The monoisotopic (exact) mass is 457 g/mol. The molecule has 4 aliphatic rings. The Morgan fingerprint density at radius 3 is 2.55 bits per heavy atom. The van der Waals surface area contributed by atoms with Crippen molar-refractivity contribution in [1.29, 1.82) is 0 Å². The minimum absolute atomic E-state index is 0.0386. The zero-order chi connectivity index (χ0) is 23.5. The van der Waals surface area contributed by atoms with Crippen molar-refractivity contribution in [2.45, 2.75) is 42.4 Å². The number of imide groups is 1. The molecule has 13 nitrogen and oxygen atoms in total. The number of nitrogens with zero attached hydrogens (tertiary/aromatic N) is 3. The van der Waals surface area contributed by atoms with Crippen molar-refractivity contribution in [3.8, 4) is 0 Å².